The van der Waals surface area contributed by atoms with Gasteiger partial charge in [0.2, 0.25) is 0 Å². The van der Waals surface area contributed by atoms with E-state index in [-0.39, 0.29) is 30.6 Å². The number of ether oxygens (including phenoxy) is 1. The second kappa shape index (κ2) is 9.09. The second-order valence-electron chi connectivity index (χ2n) is 7.54. The first-order chi connectivity index (χ1) is 13.4. The highest BCUT2D eigenvalue weighted by atomic mass is 35.5. The topological polar surface area (TPSA) is 61.9 Å². The number of likely N-dealkylation sites (tertiary alicyclic amines) is 1. The van der Waals surface area contributed by atoms with Crippen molar-refractivity contribution in [3.8, 4) is 0 Å². The number of nitrogens with one attached hydrogen (secondary N) is 1. The zero-order chi connectivity index (χ0) is 20.3. The Morgan fingerprint density at radius 2 is 2.14 bits per heavy atom. The van der Waals surface area contributed by atoms with Crippen molar-refractivity contribution in [3.05, 3.63) is 34.1 Å². The third-order valence-corrected chi connectivity index (χ3v) is 5.95. The molecule has 8 heteroatoms. The number of hydrogen-bond acceptors (Lipinski definition) is 3. The Morgan fingerprint density at radius 3 is 2.86 bits per heavy atom. The predicted molar refractivity (Wildman–Crippen MR) is 105 cm³/mol. The lowest BCUT2D eigenvalue weighted by Crippen LogP contribution is -2.54. The van der Waals surface area contributed by atoms with E-state index in [1.165, 1.54) is 6.07 Å². The van der Waals surface area contributed by atoms with Crippen LogP contribution in [-0.2, 0) is 16.1 Å². The van der Waals surface area contributed by atoms with Crippen LogP contribution in [0.3, 0.4) is 0 Å². The number of rotatable bonds is 4. The van der Waals surface area contributed by atoms with Crippen LogP contribution < -0.4 is 5.32 Å². The van der Waals surface area contributed by atoms with Gasteiger partial charge >= 0.3 is 6.03 Å². The minimum Gasteiger partial charge on any atom is -0.368 e. The quantitative estimate of drug-likeness (QED) is 0.828. The molecule has 2 saturated heterocycles. The molecular formula is C20H27ClFN3O3. The van der Waals surface area contributed by atoms with Crippen molar-refractivity contribution in [1.82, 2.24) is 15.1 Å². The average Bonchev–Trinajstić information content (AvgIpc) is 3.23. The Labute approximate surface area is 170 Å². The lowest BCUT2D eigenvalue weighted by molar-refractivity contribution is -0.142. The van der Waals surface area contributed by atoms with Crippen molar-refractivity contribution in [2.75, 3.05) is 26.7 Å². The van der Waals surface area contributed by atoms with Gasteiger partial charge in [-0.25, -0.2) is 9.18 Å². The molecule has 28 heavy (non-hydrogen) atoms. The highest BCUT2D eigenvalue weighted by molar-refractivity contribution is 6.31. The molecule has 0 radical (unpaired) electrons. The van der Waals surface area contributed by atoms with Crippen LogP contribution in [0.25, 0.3) is 0 Å². The number of benzene rings is 1. The molecule has 2 fully saturated rings. The molecule has 0 aliphatic carbocycles. The molecule has 6 nitrogen and oxygen atoms in total. The minimum atomic E-state index is -0.440. The van der Waals surface area contributed by atoms with Crippen LogP contribution >= 0.6 is 11.6 Å². The summed E-state index contributed by atoms with van der Waals surface area (Å²) in [6.45, 7) is 3.70. The zero-order valence-electron chi connectivity index (χ0n) is 16.3. The fourth-order valence-corrected chi connectivity index (χ4v) is 3.91. The maximum absolute atomic E-state index is 14.0. The van der Waals surface area contributed by atoms with E-state index >= 15 is 0 Å². The lowest BCUT2D eigenvalue weighted by Gasteiger charge is -2.38. The van der Waals surface area contributed by atoms with Gasteiger partial charge < -0.3 is 19.9 Å². The standard InChI is InChI=1S/C20H27ClFN3O3/c1-13-9-14(17(22)10-16(13)21)11-23-20(27)24(2)15-5-3-7-25(12-15)19(26)18-6-4-8-28-18/h9-10,15,18H,3-8,11-12H2,1-2H3,(H,23,27)/t15-,18-/m1/s1. The molecule has 2 aliphatic rings. The van der Waals surface area contributed by atoms with Crippen LogP contribution in [-0.4, -0.2) is 60.6 Å². The molecule has 0 aromatic heterocycles. The first-order valence-electron chi connectivity index (χ1n) is 9.72. The number of hydrogen-bond donors (Lipinski definition) is 1. The summed E-state index contributed by atoms with van der Waals surface area (Å²) in [4.78, 5) is 28.5. The van der Waals surface area contributed by atoms with E-state index in [0.29, 0.717) is 30.3 Å². The van der Waals surface area contributed by atoms with Gasteiger partial charge in [0.25, 0.3) is 5.91 Å². The minimum absolute atomic E-state index is 0.0229. The largest absolute Gasteiger partial charge is 0.368 e. The highest BCUT2D eigenvalue weighted by Crippen LogP contribution is 2.21. The summed E-state index contributed by atoms with van der Waals surface area (Å²) >= 11 is 5.91. The predicted octanol–water partition coefficient (Wildman–Crippen LogP) is 3.10. The Morgan fingerprint density at radius 1 is 1.36 bits per heavy atom. The van der Waals surface area contributed by atoms with Gasteiger partial charge in [-0.2, -0.15) is 0 Å². The molecule has 2 atom stereocenters. The van der Waals surface area contributed by atoms with E-state index in [9.17, 15) is 14.0 Å². The number of urea groups is 1. The van der Waals surface area contributed by atoms with Crippen molar-refractivity contribution in [1.29, 1.82) is 0 Å². The molecule has 2 aliphatic heterocycles. The Hall–Kier alpha value is -1.86. The summed E-state index contributed by atoms with van der Waals surface area (Å²) in [6, 6.07) is 2.54. The lowest BCUT2D eigenvalue weighted by atomic mass is 10.0. The molecule has 1 aromatic rings. The van der Waals surface area contributed by atoms with Gasteiger partial charge in [-0.05, 0) is 50.3 Å². The number of piperidine rings is 1. The molecule has 0 spiro atoms. The number of halogens is 2. The first kappa shape index (κ1) is 20.9. The van der Waals surface area contributed by atoms with Crippen LogP contribution in [0.1, 0.15) is 36.8 Å². The van der Waals surface area contributed by atoms with Crippen LogP contribution in [0.15, 0.2) is 12.1 Å². The van der Waals surface area contributed by atoms with Gasteiger partial charge in [0.15, 0.2) is 0 Å². The summed E-state index contributed by atoms with van der Waals surface area (Å²) in [5.74, 6) is -0.417. The molecule has 3 amide bonds. The van der Waals surface area contributed by atoms with Crippen molar-refractivity contribution in [2.24, 2.45) is 0 Å². The van der Waals surface area contributed by atoms with Crippen LogP contribution in [0.4, 0.5) is 9.18 Å². The first-order valence-corrected chi connectivity index (χ1v) is 10.1. The maximum atomic E-state index is 14.0. The summed E-state index contributed by atoms with van der Waals surface area (Å²) in [5, 5.41) is 3.12. The Balaban J connectivity index is 1.55. The van der Waals surface area contributed by atoms with Crippen molar-refractivity contribution in [3.63, 3.8) is 0 Å². The van der Waals surface area contributed by atoms with Gasteiger partial charge in [-0.1, -0.05) is 11.6 Å². The Bertz CT molecular complexity index is 740. The van der Waals surface area contributed by atoms with Gasteiger partial charge in [0, 0.05) is 43.9 Å². The van der Waals surface area contributed by atoms with Crippen LogP contribution in [0.5, 0.6) is 0 Å². The molecule has 0 saturated carbocycles. The third kappa shape index (κ3) is 4.75. The molecule has 3 rings (SSSR count). The molecular weight excluding hydrogens is 385 g/mol. The molecule has 1 aromatic carbocycles. The fraction of sp³-hybridized carbons (Fsp3) is 0.600. The highest BCUT2D eigenvalue weighted by Gasteiger charge is 2.33. The number of amides is 3. The van der Waals surface area contributed by atoms with E-state index in [1.807, 2.05) is 0 Å². The normalized spacial score (nSPS) is 22.2. The smallest absolute Gasteiger partial charge is 0.317 e. The van der Waals surface area contributed by atoms with Crippen molar-refractivity contribution >= 4 is 23.5 Å². The van der Waals surface area contributed by atoms with Gasteiger partial charge in [0.1, 0.15) is 11.9 Å². The van der Waals surface area contributed by atoms with Crippen molar-refractivity contribution in [2.45, 2.75) is 51.3 Å². The zero-order valence-corrected chi connectivity index (χ0v) is 17.1. The molecule has 154 valence electrons. The summed E-state index contributed by atoms with van der Waals surface area (Å²) in [5.41, 5.74) is 1.15. The van der Waals surface area contributed by atoms with E-state index in [1.54, 1.807) is 29.8 Å². The average molecular weight is 412 g/mol. The number of carbonyl (C=O) groups excluding carboxylic acids is 2. The van der Waals surface area contributed by atoms with Gasteiger partial charge in [-0.3, -0.25) is 4.79 Å². The van der Waals surface area contributed by atoms with Crippen LogP contribution in [0.2, 0.25) is 5.02 Å². The van der Waals surface area contributed by atoms with Crippen molar-refractivity contribution < 1.29 is 18.7 Å². The van der Waals surface area contributed by atoms with Gasteiger partial charge in [0.05, 0.1) is 6.04 Å². The number of likely N-dealkylation sites (N-methyl/N-ethyl adjacent to an activating group) is 1. The second-order valence-corrected chi connectivity index (χ2v) is 7.95. The van der Waals surface area contributed by atoms with Crippen LogP contribution in [0, 0.1) is 12.7 Å². The molecule has 2 heterocycles. The molecule has 0 bridgehead atoms. The van der Waals surface area contributed by atoms with E-state index in [4.69, 9.17) is 16.3 Å². The van der Waals surface area contributed by atoms with E-state index in [0.717, 1.165) is 31.2 Å². The molecule has 1 N–H and O–H groups in total. The summed E-state index contributed by atoms with van der Waals surface area (Å²) < 4.78 is 19.5. The Kier molecular flexibility index (Phi) is 6.78. The summed E-state index contributed by atoms with van der Waals surface area (Å²) in [6.07, 6.45) is 3.01. The van der Waals surface area contributed by atoms with E-state index < -0.39 is 5.82 Å². The third-order valence-electron chi connectivity index (χ3n) is 5.54. The SMILES string of the molecule is Cc1cc(CNC(=O)N(C)[C@@H]2CCCN(C(=O)[C@H]3CCCO3)C2)c(F)cc1Cl. The number of aryl methyl sites for hydroxylation is 1. The maximum Gasteiger partial charge on any atom is 0.317 e. The molecule has 0 unspecified atom stereocenters. The monoisotopic (exact) mass is 411 g/mol. The number of carbonyl (C=O) groups is 2. The van der Waals surface area contributed by atoms with E-state index in [2.05, 4.69) is 5.32 Å². The number of nitrogens with zero attached hydrogens (tertiary/aromatic N) is 2. The fourth-order valence-electron chi connectivity index (χ4n) is 3.76. The van der Waals surface area contributed by atoms with Gasteiger partial charge in [-0.15, -0.1) is 0 Å². The summed E-state index contributed by atoms with van der Waals surface area (Å²) in [7, 11) is 1.71.